The van der Waals surface area contributed by atoms with Crippen LogP contribution in [0.1, 0.15) is 5.56 Å². The van der Waals surface area contributed by atoms with Crippen molar-refractivity contribution in [3.63, 3.8) is 0 Å². The molecule has 1 heterocycles. The Morgan fingerprint density at radius 2 is 1.57 bits per heavy atom. The van der Waals surface area contributed by atoms with Gasteiger partial charge in [0.1, 0.15) is 16.6 Å². The van der Waals surface area contributed by atoms with Gasteiger partial charge in [0.25, 0.3) is 0 Å². The van der Waals surface area contributed by atoms with E-state index in [2.05, 4.69) is 15.5 Å². The Hall–Kier alpha value is -2.67. The van der Waals surface area contributed by atoms with Crippen molar-refractivity contribution in [1.29, 1.82) is 0 Å². The zero-order valence-corrected chi connectivity index (χ0v) is 12.6. The van der Waals surface area contributed by atoms with Crippen molar-refractivity contribution in [3.8, 4) is 10.6 Å². The highest BCUT2D eigenvalue weighted by Crippen LogP contribution is 2.26. The minimum Gasteiger partial charge on any atom is -0.300 e. The summed E-state index contributed by atoms with van der Waals surface area (Å²) in [6, 6.07) is 11.6. The molecule has 0 saturated carbocycles. The molecule has 1 amide bonds. The van der Waals surface area contributed by atoms with Gasteiger partial charge in [-0.1, -0.05) is 23.5 Å². The van der Waals surface area contributed by atoms with E-state index in [4.69, 9.17) is 0 Å². The average Bonchev–Trinajstić information content (AvgIpc) is 2.98. The molecule has 0 spiro atoms. The van der Waals surface area contributed by atoms with Crippen LogP contribution >= 0.6 is 11.3 Å². The Morgan fingerprint density at radius 3 is 2.22 bits per heavy atom. The number of hydrogen-bond donors (Lipinski definition) is 1. The molecule has 0 bridgehead atoms. The average molecular weight is 331 g/mol. The van der Waals surface area contributed by atoms with E-state index >= 15 is 0 Å². The number of amides is 1. The fourth-order valence-electron chi connectivity index (χ4n) is 1.93. The summed E-state index contributed by atoms with van der Waals surface area (Å²) in [5, 5.41) is 11.5. The van der Waals surface area contributed by atoms with Crippen molar-refractivity contribution in [1.82, 2.24) is 10.2 Å². The van der Waals surface area contributed by atoms with Gasteiger partial charge in [-0.3, -0.25) is 4.79 Å². The Kier molecular flexibility index (Phi) is 4.38. The van der Waals surface area contributed by atoms with E-state index in [1.54, 1.807) is 24.3 Å². The normalized spacial score (nSPS) is 10.5. The Labute approximate surface area is 134 Å². The first-order valence-corrected chi connectivity index (χ1v) is 7.55. The number of anilines is 1. The van der Waals surface area contributed by atoms with Crippen LogP contribution < -0.4 is 5.32 Å². The predicted octanol–water partition coefficient (Wildman–Crippen LogP) is 3.66. The Morgan fingerprint density at radius 1 is 0.957 bits per heavy atom. The number of rotatable bonds is 4. The van der Waals surface area contributed by atoms with Gasteiger partial charge in [-0.2, -0.15) is 0 Å². The third kappa shape index (κ3) is 3.95. The molecule has 1 N–H and O–H groups in total. The quantitative estimate of drug-likeness (QED) is 0.794. The van der Waals surface area contributed by atoms with Crippen LogP contribution in [0.5, 0.6) is 0 Å². The smallest absolute Gasteiger partial charge is 0.230 e. The van der Waals surface area contributed by atoms with Crippen LogP contribution in [0.25, 0.3) is 10.6 Å². The molecule has 3 aromatic rings. The zero-order chi connectivity index (χ0) is 16.2. The van der Waals surface area contributed by atoms with Crippen molar-refractivity contribution < 1.29 is 13.6 Å². The molecule has 116 valence electrons. The second kappa shape index (κ2) is 6.62. The molecule has 0 fully saturated rings. The molecule has 0 aliphatic rings. The number of aromatic nitrogens is 2. The lowest BCUT2D eigenvalue weighted by molar-refractivity contribution is -0.115. The first-order valence-electron chi connectivity index (χ1n) is 6.74. The second-order valence-corrected chi connectivity index (χ2v) is 5.75. The maximum absolute atomic E-state index is 12.9. The number of hydrogen-bond acceptors (Lipinski definition) is 4. The molecule has 0 radical (unpaired) electrons. The fraction of sp³-hybridized carbons (Fsp3) is 0.0625. The van der Waals surface area contributed by atoms with Gasteiger partial charge in [0, 0.05) is 5.56 Å². The molecule has 3 rings (SSSR count). The summed E-state index contributed by atoms with van der Waals surface area (Å²) >= 11 is 1.20. The molecule has 2 aromatic carbocycles. The molecule has 4 nitrogen and oxygen atoms in total. The van der Waals surface area contributed by atoms with Gasteiger partial charge in [0.2, 0.25) is 11.0 Å². The third-order valence-electron chi connectivity index (χ3n) is 3.04. The second-order valence-electron chi connectivity index (χ2n) is 4.77. The summed E-state index contributed by atoms with van der Waals surface area (Å²) in [6.07, 6.45) is 0.117. The van der Waals surface area contributed by atoms with Crippen molar-refractivity contribution in [2.75, 3.05) is 5.32 Å². The summed E-state index contributed by atoms with van der Waals surface area (Å²) in [5.41, 5.74) is 1.43. The minimum atomic E-state index is -0.345. The summed E-state index contributed by atoms with van der Waals surface area (Å²) in [4.78, 5) is 11.9. The number of benzene rings is 2. The topological polar surface area (TPSA) is 54.9 Å². The number of nitrogens with zero attached hydrogens (tertiary/aromatic N) is 2. The Balaban J connectivity index is 1.65. The van der Waals surface area contributed by atoms with Crippen LogP contribution in [0.4, 0.5) is 13.9 Å². The van der Waals surface area contributed by atoms with E-state index in [0.29, 0.717) is 15.7 Å². The van der Waals surface area contributed by atoms with Crippen molar-refractivity contribution in [2.24, 2.45) is 0 Å². The third-order valence-corrected chi connectivity index (χ3v) is 3.93. The summed E-state index contributed by atoms with van der Waals surface area (Å²) < 4.78 is 25.7. The largest absolute Gasteiger partial charge is 0.300 e. The standard InChI is InChI=1S/C16H11F2N3OS/c17-12-5-1-10(2-6-12)9-14(22)19-16-21-20-15(23-16)11-3-7-13(18)8-4-11/h1-8H,9H2,(H,19,21,22). The van der Waals surface area contributed by atoms with Crippen LogP contribution in [0.3, 0.4) is 0 Å². The molecule has 1 aromatic heterocycles. The van der Waals surface area contributed by atoms with E-state index in [1.807, 2.05) is 0 Å². The van der Waals surface area contributed by atoms with Gasteiger partial charge >= 0.3 is 0 Å². The summed E-state index contributed by atoms with van der Waals surface area (Å²) in [5.74, 6) is -0.938. The van der Waals surface area contributed by atoms with Crippen molar-refractivity contribution in [2.45, 2.75) is 6.42 Å². The zero-order valence-electron chi connectivity index (χ0n) is 11.8. The predicted molar refractivity (Wildman–Crippen MR) is 84.0 cm³/mol. The fourth-order valence-corrected chi connectivity index (χ4v) is 2.70. The molecule has 0 unspecified atom stereocenters. The molecule has 7 heteroatoms. The van der Waals surface area contributed by atoms with Crippen LogP contribution in [-0.4, -0.2) is 16.1 Å². The van der Waals surface area contributed by atoms with Crippen LogP contribution in [0, 0.1) is 11.6 Å². The molecule has 0 saturated heterocycles. The van der Waals surface area contributed by atoms with E-state index in [-0.39, 0.29) is 24.0 Å². The molecule has 0 aliphatic carbocycles. The first-order chi connectivity index (χ1) is 11.1. The lowest BCUT2D eigenvalue weighted by atomic mass is 10.1. The lowest BCUT2D eigenvalue weighted by Crippen LogP contribution is -2.14. The van der Waals surface area contributed by atoms with Gasteiger partial charge < -0.3 is 5.32 Å². The lowest BCUT2D eigenvalue weighted by Gasteiger charge is -2.01. The van der Waals surface area contributed by atoms with Crippen LogP contribution in [0.15, 0.2) is 48.5 Å². The van der Waals surface area contributed by atoms with E-state index < -0.39 is 0 Å². The highest BCUT2D eigenvalue weighted by Gasteiger charge is 2.10. The maximum Gasteiger partial charge on any atom is 0.230 e. The molecule has 0 aliphatic heterocycles. The minimum absolute atomic E-state index is 0.117. The van der Waals surface area contributed by atoms with Gasteiger partial charge in [0.15, 0.2) is 0 Å². The maximum atomic E-state index is 12.9. The van der Waals surface area contributed by atoms with Crippen LogP contribution in [0.2, 0.25) is 0 Å². The van der Waals surface area contributed by atoms with Gasteiger partial charge in [0.05, 0.1) is 6.42 Å². The molecular formula is C16H11F2N3OS. The van der Waals surface area contributed by atoms with Crippen molar-refractivity contribution >= 4 is 22.4 Å². The van der Waals surface area contributed by atoms with Gasteiger partial charge in [-0.15, -0.1) is 10.2 Å². The Bertz CT molecular complexity index is 816. The monoisotopic (exact) mass is 331 g/mol. The summed E-state index contributed by atoms with van der Waals surface area (Å²) in [6.45, 7) is 0. The van der Waals surface area contributed by atoms with Gasteiger partial charge in [-0.05, 0) is 42.0 Å². The van der Waals surface area contributed by atoms with Gasteiger partial charge in [-0.25, -0.2) is 8.78 Å². The SMILES string of the molecule is O=C(Cc1ccc(F)cc1)Nc1nnc(-c2ccc(F)cc2)s1. The highest BCUT2D eigenvalue weighted by molar-refractivity contribution is 7.18. The molecule has 23 heavy (non-hydrogen) atoms. The molecule has 0 atom stereocenters. The number of halogens is 2. The highest BCUT2D eigenvalue weighted by atomic mass is 32.1. The number of carbonyl (C=O) groups excluding carboxylic acids is 1. The number of carbonyl (C=O) groups is 1. The number of nitrogens with one attached hydrogen (secondary N) is 1. The van der Waals surface area contributed by atoms with Crippen LogP contribution in [-0.2, 0) is 11.2 Å². The van der Waals surface area contributed by atoms with Crippen molar-refractivity contribution in [3.05, 3.63) is 65.7 Å². The van der Waals surface area contributed by atoms with E-state index in [9.17, 15) is 13.6 Å². The van der Waals surface area contributed by atoms with E-state index in [1.165, 1.54) is 35.6 Å². The molecular weight excluding hydrogens is 320 g/mol. The van der Waals surface area contributed by atoms with E-state index in [0.717, 1.165) is 5.56 Å². The summed E-state index contributed by atoms with van der Waals surface area (Å²) in [7, 11) is 0. The first kappa shape index (κ1) is 15.2.